The zero-order valence-corrected chi connectivity index (χ0v) is 11.3. The van der Waals surface area contributed by atoms with Gasteiger partial charge in [0.05, 0.1) is 12.1 Å². The fourth-order valence-electron chi connectivity index (χ4n) is 1.77. The average Bonchev–Trinajstić information content (AvgIpc) is 2.91. The molecule has 3 nitrogen and oxygen atoms in total. The van der Waals surface area contributed by atoms with E-state index in [9.17, 15) is 14.3 Å². The highest BCUT2D eigenvalue weighted by Crippen LogP contribution is 2.21. The topological polar surface area (TPSA) is 40.5 Å². The third-order valence-corrected chi connectivity index (χ3v) is 3.65. The molecule has 0 bridgehead atoms. The fraction of sp³-hybridized carbons (Fsp3) is 0.214. The van der Waals surface area contributed by atoms with E-state index in [0.29, 0.717) is 13.1 Å². The quantitative estimate of drug-likeness (QED) is 0.933. The summed E-state index contributed by atoms with van der Waals surface area (Å²) in [6.45, 7) is 2.80. The van der Waals surface area contributed by atoms with Crippen LogP contribution in [0.2, 0.25) is 0 Å². The summed E-state index contributed by atoms with van der Waals surface area (Å²) in [5, 5.41) is 11.6. The maximum Gasteiger partial charge on any atom is 0.258 e. The van der Waals surface area contributed by atoms with Crippen LogP contribution in [0.1, 0.15) is 22.2 Å². The van der Waals surface area contributed by atoms with Gasteiger partial charge in [0.2, 0.25) is 0 Å². The predicted octanol–water partition coefficient (Wildman–Crippen LogP) is 3.26. The van der Waals surface area contributed by atoms with E-state index in [4.69, 9.17) is 0 Å². The molecule has 0 radical (unpaired) electrons. The van der Waals surface area contributed by atoms with E-state index < -0.39 is 5.82 Å². The molecule has 0 unspecified atom stereocenters. The summed E-state index contributed by atoms with van der Waals surface area (Å²) in [7, 11) is 0. The summed E-state index contributed by atoms with van der Waals surface area (Å²) in [6.07, 6.45) is 0. The number of carbonyl (C=O) groups is 1. The molecule has 0 aliphatic rings. The van der Waals surface area contributed by atoms with Crippen molar-refractivity contribution in [3.63, 3.8) is 0 Å². The van der Waals surface area contributed by atoms with E-state index in [2.05, 4.69) is 0 Å². The van der Waals surface area contributed by atoms with Crippen LogP contribution in [-0.4, -0.2) is 22.5 Å². The van der Waals surface area contributed by atoms with Crippen molar-refractivity contribution in [1.82, 2.24) is 4.90 Å². The lowest BCUT2D eigenvalue weighted by Crippen LogP contribution is -2.30. The molecule has 2 aromatic rings. The second-order valence-electron chi connectivity index (χ2n) is 4.06. The summed E-state index contributed by atoms with van der Waals surface area (Å²) in [5.41, 5.74) is -0.00148. The number of halogens is 1. The fourth-order valence-corrected chi connectivity index (χ4v) is 2.49. The van der Waals surface area contributed by atoms with Gasteiger partial charge in [-0.05, 0) is 36.6 Å². The van der Waals surface area contributed by atoms with Gasteiger partial charge in [-0.25, -0.2) is 4.39 Å². The Morgan fingerprint density at radius 3 is 2.84 bits per heavy atom. The number of nitrogens with zero attached hydrogens (tertiary/aromatic N) is 1. The predicted molar refractivity (Wildman–Crippen MR) is 72.8 cm³/mol. The normalized spacial score (nSPS) is 10.4. The minimum absolute atomic E-state index is 0.00148. The van der Waals surface area contributed by atoms with Gasteiger partial charge in [-0.1, -0.05) is 6.07 Å². The number of rotatable bonds is 4. The molecule has 0 spiro atoms. The summed E-state index contributed by atoms with van der Waals surface area (Å²) >= 11 is 1.56. The molecule has 1 aromatic heterocycles. The van der Waals surface area contributed by atoms with Crippen LogP contribution in [0.5, 0.6) is 5.75 Å². The molecule has 2 rings (SSSR count). The Kier molecular flexibility index (Phi) is 4.16. The maximum absolute atomic E-state index is 13.2. The lowest BCUT2D eigenvalue weighted by Gasteiger charge is -2.20. The number of thiophene rings is 1. The first-order valence-electron chi connectivity index (χ1n) is 5.92. The van der Waals surface area contributed by atoms with Crippen LogP contribution in [0.25, 0.3) is 0 Å². The molecule has 0 aliphatic carbocycles. The van der Waals surface area contributed by atoms with Gasteiger partial charge < -0.3 is 10.0 Å². The van der Waals surface area contributed by atoms with Gasteiger partial charge in [0.1, 0.15) is 11.6 Å². The number of phenols is 1. The van der Waals surface area contributed by atoms with Gasteiger partial charge in [0.15, 0.2) is 0 Å². The zero-order chi connectivity index (χ0) is 13.8. The van der Waals surface area contributed by atoms with Crippen molar-refractivity contribution >= 4 is 17.2 Å². The first-order valence-corrected chi connectivity index (χ1v) is 6.80. The molecule has 1 aromatic carbocycles. The minimum Gasteiger partial charge on any atom is -0.507 e. The summed E-state index contributed by atoms with van der Waals surface area (Å²) in [5.74, 6) is -1.10. The molecule has 0 aliphatic heterocycles. The number of carbonyl (C=O) groups excluding carboxylic acids is 1. The smallest absolute Gasteiger partial charge is 0.258 e. The van der Waals surface area contributed by atoms with Crippen LogP contribution in [-0.2, 0) is 6.54 Å². The second kappa shape index (κ2) is 5.84. The van der Waals surface area contributed by atoms with Crippen molar-refractivity contribution in [2.75, 3.05) is 6.54 Å². The van der Waals surface area contributed by atoms with Gasteiger partial charge in [-0.15, -0.1) is 11.3 Å². The van der Waals surface area contributed by atoms with Crippen molar-refractivity contribution in [2.45, 2.75) is 13.5 Å². The van der Waals surface area contributed by atoms with Crippen molar-refractivity contribution in [2.24, 2.45) is 0 Å². The Bertz CT molecular complexity index is 569. The zero-order valence-electron chi connectivity index (χ0n) is 10.5. The van der Waals surface area contributed by atoms with E-state index in [1.165, 1.54) is 6.07 Å². The Balaban J connectivity index is 2.23. The molecular weight excluding hydrogens is 265 g/mol. The van der Waals surface area contributed by atoms with Crippen LogP contribution in [0.3, 0.4) is 0 Å². The minimum atomic E-state index is -0.534. The largest absolute Gasteiger partial charge is 0.507 e. The van der Waals surface area contributed by atoms with Crippen LogP contribution in [0, 0.1) is 5.82 Å². The molecule has 1 heterocycles. The van der Waals surface area contributed by atoms with Gasteiger partial charge in [-0.2, -0.15) is 0 Å². The molecule has 0 saturated carbocycles. The number of aromatic hydroxyl groups is 1. The molecule has 0 atom stereocenters. The number of benzene rings is 1. The van der Waals surface area contributed by atoms with Crippen LogP contribution in [0.4, 0.5) is 4.39 Å². The monoisotopic (exact) mass is 279 g/mol. The van der Waals surface area contributed by atoms with Crippen LogP contribution < -0.4 is 0 Å². The third kappa shape index (κ3) is 3.12. The number of hydrogen-bond donors (Lipinski definition) is 1. The highest BCUT2D eigenvalue weighted by Gasteiger charge is 2.19. The lowest BCUT2D eigenvalue weighted by atomic mass is 10.1. The van der Waals surface area contributed by atoms with E-state index in [-0.39, 0.29) is 17.2 Å². The van der Waals surface area contributed by atoms with Crippen LogP contribution >= 0.6 is 11.3 Å². The molecule has 1 amide bonds. The summed E-state index contributed by atoms with van der Waals surface area (Å²) in [6, 6.07) is 7.24. The first-order chi connectivity index (χ1) is 9.11. The third-order valence-electron chi connectivity index (χ3n) is 2.78. The molecule has 100 valence electrons. The Hall–Kier alpha value is -1.88. The Morgan fingerprint density at radius 1 is 1.42 bits per heavy atom. The van der Waals surface area contributed by atoms with Gasteiger partial charge in [0, 0.05) is 11.4 Å². The molecule has 5 heteroatoms. The summed E-state index contributed by atoms with van der Waals surface area (Å²) in [4.78, 5) is 14.9. The molecule has 19 heavy (non-hydrogen) atoms. The van der Waals surface area contributed by atoms with E-state index in [0.717, 1.165) is 17.0 Å². The standard InChI is InChI=1S/C14H14FNO2S/c1-2-16(9-11-4-3-7-19-11)14(18)12-8-10(15)5-6-13(12)17/h3-8,17H,2,9H2,1H3. The van der Waals surface area contributed by atoms with Crippen molar-refractivity contribution in [3.8, 4) is 5.75 Å². The second-order valence-corrected chi connectivity index (χ2v) is 5.09. The number of phenolic OH excluding ortho intramolecular Hbond substituents is 1. The van der Waals surface area contributed by atoms with E-state index in [1.54, 1.807) is 16.2 Å². The maximum atomic E-state index is 13.2. The molecule has 0 saturated heterocycles. The molecule has 0 fully saturated rings. The number of hydrogen-bond acceptors (Lipinski definition) is 3. The van der Waals surface area contributed by atoms with E-state index >= 15 is 0 Å². The average molecular weight is 279 g/mol. The highest BCUT2D eigenvalue weighted by atomic mass is 32.1. The molecule has 1 N–H and O–H groups in total. The molecular formula is C14H14FNO2S. The Morgan fingerprint density at radius 2 is 2.21 bits per heavy atom. The van der Waals surface area contributed by atoms with E-state index in [1.807, 2.05) is 24.4 Å². The van der Waals surface area contributed by atoms with Gasteiger partial charge in [-0.3, -0.25) is 4.79 Å². The highest BCUT2D eigenvalue weighted by molar-refractivity contribution is 7.09. The summed E-state index contributed by atoms with van der Waals surface area (Å²) < 4.78 is 13.2. The van der Waals surface area contributed by atoms with Crippen molar-refractivity contribution in [3.05, 3.63) is 52.0 Å². The van der Waals surface area contributed by atoms with Crippen LogP contribution in [0.15, 0.2) is 35.7 Å². The SMILES string of the molecule is CCN(Cc1cccs1)C(=O)c1cc(F)ccc1O. The first kappa shape index (κ1) is 13.5. The van der Waals surface area contributed by atoms with Gasteiger partial charge in [0.25, 0.3) is 5.91 Å². The van der Waals surface area contributed by atoms with Crippen molar-refractivity contribution in [1.29, 1.82) is 0 Å². The Labute approximate surface area is 114 Å². The lowest BCUT2D eigenvalue weighted by molar-refractivity contribution is 0.0750. The van der Waals surface area contributed by atoms with Crippen molar-refractivity contribution < 1.29 is 14.3 Å². The van der Waals surface area contributed by atoms with Gasteiger partial charge >= 0.3 is 0 Å². The number of amides is 1.